The SMILES string of the molecule is COCCCC(O)c1cnn(C)c1. The molecule has 1 aromatic rings. The van der Waals surface area contributed by atoms with Crippen LogP contribution in [0.2, 0.25) is 0 Å². The molecular formula is C9H16N2O2. The second-order valence-electron chi connectivity index (χ2n) is 3.10. The van der Waals surface area contributed by atoms with E-state index in [9.17, 15) is 5.11 Å². The maximum absolute atomic E-state index is 9.65. The number of aromatic nitrogens is 2. The van der Waals surface area contributed by atoms with Crippen LogP contribution in [0.3, 0.4) is 0 Å². The van der Waals surface area contributed by atoms with Crippen LogP contribution in [-0.4, -0.2) is 28.6 Å². The lowest BCUT2D eigenvalue weighted by Crippen LogP contribution is -1.98. The smallest absolute Gasteiger partial charge is 0.0821 e. The van der Waals surface area contributed by atoms with Gasteiger partial charge in [0.2, 0.25) is 0 Å². The Kier molecular flexibility index (Phi) is 3.92. The highest BCUT2D eigenvalue weighted by Gasteiger charge is 2.08. The Bertz CT molecular complexity index is 248. The lowest BCUT2D eigenvalue weighted by molar-refractivity contribution is 0.136. The highest BCUT2D eigenvalue weighted by Crippen LogP contribution is 2.16. The van der Waals surface area contributed by atoms with Gasteiger partial charge in [0.05, 0.1) is 12.3 Å². The lowest BCUT2D eigenvalue weighted by Gasteiger charge is -2.06. The number of aliphatic hydroxyl groups is 1. The number of aliphatic hydroxyl groups excluding tert-OH is 1. The minimum atomic E-state index is -0.413. The van der Waals surface area contributed by atoms with E-state index >= 15 is 0 Å². The van der Waals surface area contributed by atoms with Crippen LogP contribution < -0.4 is 0 Å². The maximum atomic E-state index is 9.65. The van der Waals surface area contributed by atoms with E-state index in [0.29, 0.717) is 6.61 Å². The second-order valence-corrected chi connectivity index (χ2v) is 3.10. The molecule has 1 N–H and O–H groups in total. The fraction of sp³-hybridized carbons (Fsp3) is 0.667. The summed E-state index contributed by atoms with van der Waals surface area (Å²) in [5, 5.41) is 13.6. The normalized spacial score (nSPS) is 13.2. The Morgan fingerprint density at radius 2 is 2.46 bits per heavy atom. The average molecular weight is 184 g/mol. The summed E-state index contributed by atoms with van der Waals surface area (Å²) in [5.74, 6) is 0. The van der Waals surface area contributed by atoms with Gasteiger partial charge in [-0.15, -0.1) is 0 Å². The summed E-state index contributed by atoms with van der Waals surface area (Å²) in [6.45, 7) is 0.692. The fourth-order valence-electron chi connectivity index (χ4n) is 1.20. The molecular weight excluding hydrogens is 168 g/mol. The van der Waals surface area contributed by atoms with E-state index in [4.69, 9.17) is 4.74 Å². The molecule has 4 heteroatoms. The van der Waals surface area contributed by atoms with Gasteiger partial charge in [-0.25, -0.2) is 0 Å². The van der Waals surface area contributed by atoms with Gasteiger partial charge in [-0.05, 0) is 12.8 Å². The van der Waals surface area contributed by atoms with Crippen molar-refractivity contribution < 1.29 is 9.84 Å². The first-order chi connectivity index (χ1) is 6.24. The van der Waals surface area contributed by atoms with Gasteiger partial charge < -0.3 is 9.84 Å². The summed E-state index contributed by atoms with van der Waals surface area (Å²) in [6, 6.07) is 0. The van der Waals surface area contributed by atoms with E-state index in [0.717, 1.165) is 18.4 Å². The highest BCUT2D eigenvalue weighted by atomic mass is 16.5. The third kappa shape index (κ3) is 3.16. The van der Waals surface area contributed by atoms with E-state index in [-0.39, 0.29) is 0 Å². The van der Waals surface area contributed by atoms with E-state index in [1.54, 1.807) is 18.0 Å². The third-order valence-electron chi connectivity index (χ3n) is 1.94. The Morgan fingerprint density at radius 1 is 1.69 bits per heavy atom. The van der Waals surface area contributed by atoms with Crippen molar-refractivity contribution in [1.29, 1.82) is 0 Å². The molecule has 0 saturated carbocycles. The van der Waals surface area contributed by atoms with Crippen LogP contribution in [0.15, 0.2) is 12.4 Å². The minimum Gasteiger partial charge on any atom is -0.388 e. The molecule has 0 radical (unpaired) electrons. The summed E-state index contributed by atoms with van der Waals surface area (Å²) >= 11 is 0. The monoisotopic (exact) mass is 184 g/mol. The molecule has 0 aliphatic rings. The number of methoxy groups -OCH3 is 1. The first kappa shape index (κ1) is 10.2. The van der Waals surface area contributed by atoms with Crippen molar-refractivity contribution in [2.75, 3.05) is 13.7 Å². The quantitative estimate of drug-likeness (QED) is 0.691. The van der Waals surface area contributed by atoms with E-state index in [2.05, 4.69) is 5.10 Å². The first-order valence-electron chi connectivity index (χ1n) is 4.39. The predicted molar refractivity (Wildman–Crippen MR) is 49.3 cm³/mol. The Hall–Kier alpha value is -0.870. The first-order valence-corrected chi connectivity index (χ1v) is 4.39. The van der Waals surface area contributed by atoms with Gasteiger partial charge in [-0.1, -0.05) is 0 Å². The minimum absolute atomic E-state index is 0.413. The molecule has 0 aromatic carbocycles. The third-order valence-corrected chi connectivity index (χ3v) is 1.94. The van der Waals surface area contributed by atoms with E-state index < -0.39 is 6.10 Å². The zero-order chi connectivity index (χ0) is 9.68. The molecule has 1 rings (SSSR count). The van der Waals surface area contributed by atoms with Crippen LogP contribution in [0.1, 0.15) is 24.5 Å². The Labute approximate surface area is 78.1 Å². The van der Waals surface area contributed by atoms with Crippen LogP contribution in [0.4, 0.5) is 0 Å². The molecule has 0 bridgehead atoms. The molecule has 0 saturated heterocycles. The molecule has 1 aromatic heterocycles. The Morgan fingerprint density at radius 3 is 3.00 bits per heavy atom. The van der Waals surface area contributed by atoms with Gasteiger partial charge in [0.25, 0.3) is 0 Å². The fourth-order valence-corrected chi connectivity index (χ4v) is 1.20. The van der Waals surface area contributed by atoms with Crippen molar-refractivity contribution >= 4 is 0 Å². The van der Waals surface area contributed by atoms with Gasteiger partial charge >= 0.3 is 0 Å². The Balaban J connectivity index is 2.35. The molecule has 0 amide bonds. The molecule has 13 heavy (non-hydrogen) atoms. The van der Waals surface area contributed by atoms with Crippen LogP contribution in [0.25, 0.3) is 0 Å². The molecule has 0 spiro atoms. The van der Waals surface area contributed by atoms with E-state index in [1.165, 1.54) is 0 Å². The van der Waals surface area contributed by atoms with Crippen molar-refractivity contribution in [3.63, 3.8) is 0 Å². The number of hydrogen-bond donors (Lipinski definition) is 1. The maximum Gasteiger partial charge on any atom is 0.0821 e. The van der Waals surface area contributed by atoms with Crippen molar-refractivity contribution in [1.82, 2.24) is 9.78 Å². The van der Waals surface area contributed by atoms with E-state index in [1.807, 2.05) is 13.2 Å². The zero-order valence-electron chi connectivity index (χ0n) is 8.10. The number of rotatable bonds is 5. The number of aryl methyl sites for hydroxylation is 1. The van der Waals surface area contributed by atoms with Gasteiger partial charge in [0, 0.05) is 32.5 Å². The number of hydrogen-bond acceptors (Lipinski definition) is 3. The van der Waals surface area contributed by atoms with Crippen LogP contribution >= 0.6 is 0 Å². The molecule has 0 fully saturated rings. The standard InChI is InChI=1S/C9H16N2O2/c1-11-7-8(6-10-11)9(12)4-3-5-13-2/h6-7,9,12H,3-5H2,1-2H3. The van der Waals surface area contributed by atoms with Crippen molar-refractivity contribution in [3.05, 3.63) is 18.0 Å². The summed E-state index contributed by atoms with van der Waals surface area (Å²) in [7, 11) is 3.50. The summed E-state index contributed by atoms with van der Waals surface area (Å²) < 4.78 is 6.59. The molecule has 1 unspecified atom stereocenters. The summed E-state index contributed by atoms with van der Waals surface area (Å²) in [6.07, 6.45) is 4.70. The highest BCUT2D eigenvalue weighted by molar-refractivity contribution is 5.07. The lowest BCUT2D eigenvalue weighted by atomic mass is 10.1. The van der Waals surface area contributed by atoms with Crippen molar-refractivity contribution in [2.45, 2.75) is 18.9 Å². The summed E-state index contributed by atoms with van der Waals surface area (Å²) in [4.78, 5) is 0. The van der Waals surface area contributed by atoms with Gasteiger partial charge in [-0.2, -0.15) is 5.10 Å². The molecule has 0 aliphatic heterocycles. The van der Waals surface area contributed by atoms with Crippen molar-refractivity contribution in [2.24, 2.45) is 7.05 Å². The molecule has 74 valence electrons. The topological polar surface area (TPSA) is 47.3 Å². The van der Waals surface area contributed by atoms with Gasteiger partial charge in [0.1, 0.15) is 0 Å². The largest absolute Gasteiger partial charge is 0.388 e. The molecule has 1 atom stereocenters. The van der Waals surface area contributed by atoms with Crippen LogP contribution in [0.5, 0.6) is 0 Å². The predicted octanol–water partition coefficient (Wildman–Crippen LogP) is 0.880. The average Bonchev–Trinajstić information content (AvgIpc) is 2.52. The van der Waals surface area contributed by atoms with Crippen LogP contribution in [0, 0.1) is 0 Å². The molecule has 4 nitrogen and oxygen atoms in total. The van der Waals surface area contributed by atoms with Gasteiger partial charge in [0.15, 0.2) is 0 Å². The van der Waals surface area contributed by atoms with Gasteiger partial charge in [-0.3, -0.25) is 4.68 Å². The second kappa shape index (κ2) is 4.99. The van der Waals surface area contributed by atoms with Crippen molar-refractivity contribution in [3.8, 4) is 0 Å². The molecule has 0 aliphatic carbocycles. The number of ether oxygens (including phenoxy) is 1. The zero-order valence-corrected chi connectivity index (χ0v) is 8.10. The number of nitrogens with zero attached hydrogens (tertiary/aromatic N) is 2. The molecule has 1 heterocycles. The van der Waals surface area contributed by atoms with Crippen LogP contribution in [-0.2, 0) is 11.8 Å². The summed E-state index contributed by atoms with van der Waals surface area (Å²) in [5.41, 5.74) is 0.874.